The van der Waals surface area contributed by atoms with Gasteiger partial charge < -0.3 is 10.6 Å². The number of hydrogen-bond donors (Lipinski definition) is 2. The van der Waals surface area contributed by atoms with Crippen molar-refractivity contribution in [3.63, 3.8) is 0 Å². The summed E-state index contributed by atoms with van der Waals surface area (Å²) in [6.45, 7) is 6.28. The second kappa shape index (κ2) is 11.0. The van der Waals surface area contributed by atoms with Gasteiger partial charge >= 0.3 is 0 Å². The van der Waals surface area contributed by atoms with Crippen molar-refractivity contribution in [2.45, 2.75) is 32.4 Å². The lowest BCUT2D eigenvalue weighted by Crippen LogP contribution is -2.44. The molecule has 8 heteroatoms. The highest BCUT2D eigenvalue weighted by Gasteiger charge is 2.25. The fraction of sp³-hybridized carbons (Fsp3) is 0.579. The average Bonchev–Trinajstić information content (AvgIpc) is 3.31. The highest BCUT2D eigenvalue weighted by Crippen LogP contribution is 2.29. The quantitative estimate of drug-likeness (QED) is 0.362. The number of thiophene rings is 1. The van der Waals surface area contributed by atoms with E-state index < -0.39 is 0 Å². The second-order valence-electron chi connectivity index (χ2n) is 7.00. The minimum atomic E-state index is 0. The molecule has 6 nitrogen and oxygen atoms in total. The van der Waals surface area contributed by atoms with Gasteiger partial charge in [-0.1, -0.05) is 13.0 Å². The van der Waals surface area contributed by atoms with E-state index in [2.05, 4.69) is 50.1 Å². The van der Waals surface area contributed by atoms with Crippen LogP contribution in [0.2, 0.25) is 0 Å². The number of aryl methyl sites for hydroxylation is 1. The molecule has 2 N–H and O–H groups in total. The van der Waals surface area contributed by atoms with E-state index in [0.717, 1.165) is 24.1 Å². The summed E-state index contributed by atoms with van der Waals surface area (Å²) in [5.74, 6) is 1.68. The molecule has 0 spiro atoms. The molecular weight excluding hydrogens is 471 g/mol. The molecule has 1 aliphatic heterocycles. The second-order valence-corrected chi connectivity index (χ2v) is 7.98. The van der Waals surface area contributed by atoms with E-state index in [1.54, 1.807) is 0 Å². The summed E-state index contributed by atoms with van der Waals surface area (Å²) in [5.41, 5.74) is 1.13. The van der Waals surface area contributed by atoms with E-state index in [1.165, 1.54) is 30.8 Å². The van der Waals surface area contributed by atoms with E-state index in [1.807, 2.05) is 42.4 Å². The molecule has 0 aliphatic carbocycles. The lowest BCUT2D eigenvalue weighted by molar-refractivity contribution is 0.140. The van der Waals surface area contributed by atoms with Crippen molar-refractivity contribution in [3.05, 3.63) is 40.3 Å². The van der Waals surface area contributed by atoms with Gasteiger partial charge in [0.25, 0.3) is 0 Å². The number of aromatic nitrogens is 2. The zero-order valence-electron chi connectivity index (χ0n) is 16.4. The SMILES string of the molecule is CN=C(NCc1ccnn1C)NCC(c1cccs1)N1CCC(C)CC1.I. The van der Waals surface area contributed by atoms with Crippen molar-refractivity contribution in [2.24, 2.45) is 18.0 Å². The fourth-order valence-corrected chi connectivity index (χ4v) is 4.25. The van der Waals surface area contributed by atoms with E-state index in [0.29, 0.717) is 12.6 Å². The molecule has 1 atom stereocenters. The number of hydrogen-bond acceptors (Lipinski definition) is 4. The lowest BCUT2D eigenvalue weighted by Gasteiger charge is -2.36. The molecule has 2 aromatic heterocycles. The van der Waals surface area contributed by atoms with Gasteiger partial charge in [0.05, 0.1) is 18.3 Å². The van der Waals surface area contributed by atoms with Crippen LogP contribution >= 0.6 is 35.3 Å². The molecule has 0 bridgehead atoms. The van der Waals surface area contributed by atoms with Crippen LogP contribution < -0.4 is 10.6 Å². The zero-order chi connectivity index (χ0) is 18.4. The Morgan fingerprint density at radius 1 is 1.33 bits per heavy atom. The van der Waals surface area contributed by atoms with Gasteiger partial charge in [-0.2, -0.15) is 5.10 Å². The summed E-state index contributed by atoms with van der Waals surface area (Å²) in [4.78, 5) is 8.42. The lowest BCUT2D eigenvalue weighted by atomic mass is 9.97. The van der Waals surface area contributed by atoms with Crippen LogP contribution in [0.15, 0.2) is 34.8 Å². The highest BCUT2D eigenvalue weighted by molar-refractivity contribution is 14.0. The molecule has 0 saturated carbocycles. The Bertz CT molecular complexity index is 691. The molecule has 1 fully saturated rings. The summed E-state index contributed by atoms with van der Waals surface area (Å²) in [6, 6.07) is 6.82. The number of aliphatic imine (C=N–C) groups is 1. The maximum Gasteiger partial charge on any atom is 0.191 e. The number of guanidine groups is 1. The van der Waals surface area contributed by atoms with Gasteiger partial charge in [0.1, 0.15) is 0 Å². The molecule has 27 heavy (non-hydrogen) atoms. The maximum absolute atomic E-state index is 4.38. The predicted molar refractivity (Wildman–Crippen MR) is 124 cm³/mol. The first-order chi connectivity index (χ1) is 12.7. The van der Waals surface area contributed by atoms with Gasteiger partial charge in [0.15, 0.2) is 5.96 Å². The van der Waals surface area contributed by atoms with Crippen molar-refractivity contribution in [1.29, 1.82) is 0 Å². The van der Waals surface area contributed by atoms with Gasteiger partial charge in [-0.25, -0.2) is 0 Å². The Kier molecular flexibility index (Phi) is 9.04. The van der Waals surface area contributed by atoms with Crippen LogP contribution in [0.3, 0.4) is 0 Å². The van der Waals surface area contributed by atoms with Gasteiger partial charge in [0.2, 0.25) is 0 Å². The summed E-state index contributed by atoms with van der Waals surface area (Å²) in [5, 5.41) is 13.3. The Morgan fingerprint density at radius 3 is 2.70 bits per heavy atom. The topological polar surface area (TPSA) is 57.5 Å². The van der Waals surface area contributed by atoms with E-state index >= 15 is 0 Å². The monoisotopic (exact) mass is 502 g/mol. The number of nitrogens with one attached hydrogen (secondary N) is 2. The zero-order valence-corrected chi connectivity index (χ0v) is 19.5. The van der Waals surface area contributed by atoms with Crippen molar-refractivity contribution < 1.29 is 0 Å². The molecule has 3 heterocycles. The van der Waals surface area contributed by atoms with Crippen LogP contribution in [0.4, 0.5) is 0 Å². The molecule has 1 saturated heterocycles. The van der Waals surface area contributed by atoms with Gasteiger partial charge in [-0.3, -0.25) is 14.6 Å². The van der Waals surface area contributed by atoms with Crippen LogP contribution in [0, 0.1) is 5.92 Å². The summed E-state index contributed by atoms with van der Waals surface area (Å²) >= 11 is 1.84. The van der Waals surface area contributed by atoms with Crippen molar-refractivity contribution in [3.8, 4) is 0 Å². The van der Waals surface area contributed by atoms with Crippen LogP contribution in [-0.4, -0.2) is 47.3 Å². The predicted octanol–water partition coefficient (Wildman–Crippen LogP) is 3.24. The van der Waals surface area contributed by atoms with Crippen LogP contribution in [0.5, 0.6) is 0 Å². The van der Waals surface area contributed by atoms with Crippen molar-refractivity contribution in [2.75, 3.05) is 26.7 Å². The van der Waals surface area contributed by atoms with E-state index in [-0.39, 0.29) is 24.0 Å². The largest absolute Gasteiger partial charge is 0.354 e. The first kappa shape index (κ1) is 22.2. The smallest absolute Gasteiger partial charge is 0.191 e. The van der Waals surface area contributed by atoms with E-state index in [9.17, 15) is 0 Å². The normalized spacial score (nSPS) is 17.4. The Balaban J connectivity index is 0.00000261. The standard InChI is InChI=1S/C19H30N6S.HI/c1-15-7-10-25(11-8-15)17(18-5-4-12-26-18)14-22-19(20-2)21-13-16-6-9-23-24(16)3;/h4-6,9,12,15,17H,7-8,10-11,13-14H2,1-3H3,(H2,20,21,22);1H. The third-order valence-corrected chi connectivity index (χ3v) is 6.15. The minimum Gasteiger partial charge on any atom is -0.354 e. The third kappa shape index (κ3) is 6.18. The summed E-state index contributed by atoms with van der Waals surface area (Å²) < 4.78 is 1.88. The molecular formula is C19H31IN6S. The number of piperidine rings is 1. The summed E-state index contributed by atoms with van der Waals surface area (Å²) in [6.07, 6.45) is 4.39. The highest BCUT2D eigenvalue weighted by atomic mass is 127. The third-order valence-electron chi connectivity index (χ3n) is 5.18. The Hall–Kier alpha value is -1.13. The Morgan fingerprint density at radius 2 is 2.11 bits per heavy atom. The molecule has 0 aromatic carbocycles. The molecule has 1 unspecified atom stereocenters. The summed E-state index contributed by atoms with van der Waals surface area (Å²) in [7, 11) is 3.78. The fourth-order valence-electron chi connectivity index (χ4n) is 3.39. The molecule has 0 radical (unpaired) electrons. The van der Waals surface area contributed by atoms with Crippen LogP contribution in [0.1, 0.15) is 36.4 Å². The molecule has 2 aromatic rings. The van der Waals surface area contributed by atoms with Gasteiger partial charge in [-0.15, -0.1) is 35.3 Å². The van der Waals surface area contributed by atoms with Crippen molar-refractivity contribution in [1.82, 2.24) is 25.3 Å². The average molecular weight is 502 g/mol. The number of nitrogens with zero attached hydrogens (tertiary/aromatic N) is 4. The Labute approximate surface area is 183 Å². The molecule has 3 rings (SSSR count). The van der Waals surface area contributed by atoms with Crippen LogP contribution in [-0.2, 0) is 13.6 Å². The number of likely N-dealkylation sites (tertiary alicyclic amines) is 1. The van der Waals surface area contributed by atoms with Crippen LogP contribution in [0.25, 0.3) is 0 Å². The molecule has 0 amide bonds. The van der Waals surface area contributed by atoms with Crippen molar-refractivity contribution >= 4 is 41.3 Å². The first-order valence-corrected chi connectivity index (χ1v) is 10.2. The minimum absolute atomic E-state index is 0. The number of halogens is 1. The number of rotatable bonds is 6. The van der Waals surface area contributed by atoms with Gasteiger partial charge in [-0.05, 0) is 49.4 Å². The maximum atomic E-state index is 4.38. The van der Waals surface area contributed by atoms with E-state index in [4.69, 9.17) is 0 Å². The van der Waals surface area contributed by atoms with Gasteiger partial charge in [0, 0.05) is 31.7 Å². The first-order valence-electron chi connectivity index (χ1n) is 9.36. The molecule has 150 valence electrons. The molecule has 1 aliphatic rings.